The minimum atomic E-state index is -3.98. The van der Waals surface area contributed by atoms with Gasteiger partial charge in [-0.2, -0.15) is 0 Å². The average Bonchev–Trinajstić information content (AvgIpc) is 3.12. The van der Waals surface area contributed by atoms with E-state index in [9.17, 15) is 18.3 Å². The number of hydrogen-bond donors (Lipinski definition) is 2. The first kappa shape index (κ1) is 22.8. The number of amides is 1. The Morgan fingerprint density at radius 3 is 2.55 bits per heavy atom. The lowest BCUT2D eigenvalue weighted by atomic mass is 9.83. The lowest BCUT2D eigenvalue weighted by molar-refractivity contribution is 0.174. The summed E-state index contributed by atoms with van der Waals surface area (Å²) in [6, 6.07) is 7.60. The molecule has 3 aromatic rings. The van der Waals surface area contributed by atoms with Crippen molar-refractivity contribution < 1.29 is 18.3 Å². The molecule has 0 saturated carbocycles. The van der Waals surface area contributed by atoms with Crippen molar-refractivity contribution in [3.63, 3.8) is 0 Å². The second-order valence-corrected chi connectivity index (χ2v) is 10.3. The van der Waals surface area contributed by atoms with E-state index in [1.807, 2.05) is 20.8 Å². The highest BCUT2D eigenvalue weighted by atomic mass is 35.5. The Morgan fingerprint density at radius 1 is 1.26 bits per heavy atom. The third-order valence-electron chi connectivity index (χ3n) is 4.85. The quantitative estimate of drug-likeness (QED) is 0.534. The normalized spacial score (nSPS) is 13.0. The molecule has 0 aliphatic carbocycles. The largest absolute Gasteiger partial charge is 0.465 e. The molecule has 1 amide bonds. The van der Waals surface area contributed by atoms with E-state index in [0.717, 1.165) is 3.97 Å². The number of nitrogens with one attached hydrogen (secondary N) is 1. The number of hydrogen-bond acceptors (Lipinski definition) is 5. The highest BCUT2D eigenvalue weighted by molar-refractivity contribution is 7.90. The van der Waals surface area contributed by atoms with Gasteiger partial charge < -0.3 is 10.4 Å². The number of rotatable bonds is 6. The molecule has 1 unspecified atom stereocenters. The average molecular weight is 463 g/mol. The van der Waals surface area contributed by atoms with Crippen LogP contribution in [0, 0.1) is 5.41 Å². The molecular weight excluding hydrogens is 440 g/mol. The maximum atomic E-state index is 13.4. The summed E-state index contributed by atoms with van der Waals surface area (Å²) in [6.45, 7) is 5.74. The van der Waals surface area contributed by atoms with E-state index in [2.05, 4.69) is 15.3 Å². The Labute approximate surface area is 186 Å². The van der Waals surface area contributed by atoms with Crippen molar-refractivity contribution in [1.82, 2.24) is 19.3 Å². The van der Waals surface area contributed by atoms with Gasteiger partial charge in [-0.3, -0.25) is 4.98 Å². The first-order chi connectivity index (χ1) is 14.5. The molecule has 3 aromatic heterocycles. The molecule has 10 heteroatoms. The van der Waals surface area contributed by atoms with Crippen LogP contribution in [0.25, 0.3) is 11.3 Å². The third kappa shape index (κ3) is 5.05. The lowest BCUT2D eigenvalue weighted by Gasteiger charge is -2.30. The molecule has 0 fully saturated rings. The number of carbonyl (C=O) groups is 1. The first-order valence-corrected chi connectivity index (χ1v) is 11.3. The van der Waals surface area contributed by atoms with Gasteiger partial charge in [-0.05, 0) is 47.7 Å². The predicted molar refractivity (Wildman–Crippen MR) is 118 cm³/mol. The number of pyridine rings is 2. The van der Waals surface area contributed by atoms with Gasteiger partial charge >= 0.3 is 6.09 Å². The predicted octanol–water partition coefficient (Wildman–Crippen LogP) is 4.06. The van der Waals surface area contributed by atoms with Crippen LogP contribution >= 0.6 is 11.6 Å². The highest BCUT2D eigenvalue weighted by Crippen LogP contribution is 2.32. The molecule has 0 aliphatic rings. The smallest absolute Gasteiger partial charge is 0.404 e. The summed E-state index contributed by atoms with van der Waals surface area (Å²) < 4.78 is 27.9. The van der Waals surface area contributed by atoms with E-state index in [4.69, 9.17) is 11.6 Å². The summed E-state index contributed by atoms with van der Waals surface area (Å²) in [5.74, 6) is 0. The Kier molecular flexibility index (Phi) is 6.38. The van der Waals surface area contributed by atoms with Gasteiger partial charge in [0.05, 0.1) is 5.69 Å². The first-order valence-electron chi connectivity index (χ1n) is 9.47. The van der Waals surface area contributed by atoms with Crippen LogP contribution in [0.3, 0.4) is 0 Å². The van der Waals surface area contributed by atoms with Crippen LogP contribution in [0.15, 0.2) is 60.0 Å². The van der Waals surface area contributed by atoms with Crippen LogP contribution in [0.4, 0.5) is 4.79 Å². The molecule has 2 N–H and O–H groups in total. The van der Waals surface area contributed by atoms with E-state index in [0.29, 0.717) is 16.8 Å². The summed E-state index contributed by atoms with van der Waals surface area (Å²) in [5.41, 5.74) is 1.02. The van der Waals surface area contributed by atoms with Crippen LogP contribution < -0.4 is 5.32 Å². The van der Waals surface area contributed by atoms with Crippen LogP contribution in [0.5, 0.6) is 0 Å². The van der Waals surface area contributed by atoms with Crippen molar-refractivity contribution in [2.24, 2.45) is 5.41 Å². The molecular formula is C21H23ClN4O4S. The molecule has 0 radical (unpaired) electrons. The van der Waals surface area contributed by atoms with Gasteiger partial charge in [-0.1, -0.05) is 32.4 Å². The maximum absolute atomic E-state index is 13.4. The molecule has 0 aliphatic heterocycles. The Bertz CT molecular complexity index is 1190. The van der Waals surface area contributed by atoms with Crippen LogP contribution in [-0.4, -0.2) is 39.6 Å². The van der Waals surface area contributed by atoms with Gasteiger partial charge in [0.2, 0.25) is 0 Å². The molecule has 0 bridgehead atoms. The fourth-order valence-corrected chi connectivity index (χ4v) is 4.72. The standard InChI is InChI=1S/C21H23ClN4O4S/c1-21(2,3)18(25-20(27)28)11-14-10-17(16-7-5-9-24-19(16)22)26(13-14)31(29,30)15-6-4-8-23-12-15/h4-10,12-13,18,25H,11H2,1-3H3,(H,27,28). The summed E-state index contributed by atoms with van der Waals surface area (Å²) in [5, 5.41) is 11.9. The minimum absolute atomic E-state index is 0.0226. The number of carboxylic acid groups (broad SMARTS) is 1. The van der Waals surface area contributed by atoms with E-state index in [1.54, 1.807) is 24.3 Å². The van der Waals surface area contributed by atoms with Crippen LogP contribution in [0.1, 0.15) is 26.3 Å². The van der Waals surface area contributed by atoms with Crippen LogP contribution in [-0.2, 0) is 16.4 Å². The van der Waals surface area contributed by atoms with Gasteiger partial charge in [0.1, 0.15) is 10.0 Å². The summed E-state index contributed by atoms with van der Waals surface area (Å²) in [4.78, 5) is 19.3. The van der Waals surface area contributed by atoms with Gasteiger partial charge in [-0.15, -0.1) is 0 Å². The van der Waals surface area contributed by atoms with Gasteiger partial charge in [0.25, 0.3) is 10.0 Å². The molecule has 0 aromatic carbocycles. The summed E-state index contributed by atoms with van der Waals surface area (Å²) >= 11 is 6.26. The third-order valence-corrected chi connectivity index (χ3v) is 6.81. The molecule has 1 atom stereocenters. The zero-order chi connectivity index (χ0) is 22.8. The van der Waals surface area contributed by atoms with E-state index in [1.165, 1.54) is 30.9 Å². The zero-order valence-electron chi connectivity index (χ0n) is 17.3. The molecule has 31 heavy (non-hydrogen) atoms. The van der Waals surface area contributed by atoms with Crippen molar-refractivity contribution in [2.75, 3.05) is 0 Å². The number of halogens is 1. The van der Waals surface area contributed by atoms with Crippen LogP contribution in [0.2, 0.25) is 5.15 Å². The van der Waals surface area contributed by atoms with Gasteiger partial charge in [-0.25, -0.2) is 22.2 Å². The molecule has 3 rings (SSSR count). The van der Waals surface area contributed by atoms with Gasteiger partial charge in [0, 0.05) is 36.4 Å². The van der Waals surface area contributed by atoms with Crippen molar-refractivity contribution >= 4 is 27.7 Å². The molecule has 164 valence electrons. The van der Waals surface area contributed by atoms with E-state index < -0.39 is 27.6 Å². The Hall–Kier alpha value is -2.91. The fraction of sp³-hybridized carbons (Fsp3) is 0.286. The second kappa shape index (κ2) is 8.68. The maximum Gasteiger partial charge on any atom is 0.404 e. The van der Waals surface area contributed by atoms with Gasteiger partial charge in [0.15, 0.2) is 0 Å². The van der Waals surface area contributed by atoms with Crippen molar-refractivity contribution in [2.45, 2.75) is 38.1 Å². The van der Waals surface area contributed by atoms with E-state index in [-0.39, 0.29) is 16.5 Å². The number of aromatic nitrogens is 3. The Morgan fingerprint density at radius 2 is 1.97 bits per heavy atom. The van der Waals surface area contributed by atoms with Crippen molar-refractivity contribution in [3.8, 4) is 11.3 Å². The van der Waals surface area contributed by atoms with E-state index >= 15 is 0 Å². The molecule has 0 spiro atoms. The van der Waals surface area contributed by atoms with Crippen molar-refractivity contribution in [3.05, 3.63) is 65.8 Å². The molecule has 8 nitrogen and oxygen atoms in total. The molecule has 3 heterocycles. The minimum Gasteiger partial charge on any atom is -0.465 e. The molecule has 0 saturated heterocycles. The van der Waals surface area contributed by atoms with Crippen molar-refractivity contribution in [1.29, 1.82) is 0 Å². The monoisotopic (exact) mass is 462 g/mol. The highest BCUT2D eigenvalue weighted by Gasteiger charge is 2.29. The fourth-order valence-electron chi connectivity index (χ4n) is 3.15. The number of nitrogens with zero attached hydrogens (tertiary/aromatic N) is 3. The topological polar surface area (TPSA) is 114 Å². The Balaban J connectivity index is 2.15. The summed E-state index contributed by atoms with van der Waals surface area (Å²) in [6.07, 6.45) is 4.91. The second-order valence-electron chi connectivity index (χ2n) is 8.14. The summed E-state index contributed by atoms with van der Waals surface area (Å²) in [7, 11) is -3.98. The SMILES string of the molecule is CC(C)(C)C(Cc1cc(-c2cccnc2Cl)n(S(=O)(=O)c2cccnc2)c1)NC(=O)O. The lowest BCUT2D eigenvalue weighted by Crippen LogP contribution is -2.44. The zero-order valence-corrected chi connectivity index (χ0v) is 18.9.